The molecule has 0 radical (unpaired) electrons. The van der Waals surface area contributed by atoms with Gasteiger partial charge in [-0.15, -0.1) is 0 Å². The molecule has 1 saturated heterocycles. The smallest absolute Gasteiger partial charge is 0.152 e. The lowest BCUT2D eigenvalue weighted by Crippen LogP contribution is -2.50. The summed E-state index contributed by atoms with van der Waals surface area (Å²) in [5.41, 5.74) is -0.502. The summed E-state index contributed by atoms with van der Waals surface area (Å²) in [7, 11) is 0. The summed E-state index contributed by atoms with van der Waals surface area (Å²) in [6.45, 7) is 4.25. The van der Waals surface area contributed by atoms with Crippen LogP contribution < -0.4 is 0 Å². The topological polar surface area (TPSA) is 23.6 Å². The Morgan fingerprint density at radius 1 is 1.58 bits per heavy atom. The maximum atomic E-state index is 10.4. The fourth-order valence-corrected chi connectivity index (χ4v) is 1.59. The number of hydrogen-bond donors (Lipinski definition) is 0. The summed E-state index contributed by atoms with van der Waals surface area (Å²) >= 11 is 11.6. The summed E-state index contributed by atoms with van der Waals surface area (Å²) in [4.78, 5) is 12.3. The van der Waals surface area contributed by atoms with Gasteiger partial charge in [0.25, 0.3) is 0 Å². The molecule has 1 fully saturated rings. The zero-order valence-electron chi connectivity index (χ0n) is 6.91. The molecule has 0 aromatic heterocycles. The van der Waals surface area contributed by atoms with Crippen LogP contribution in [0.2, 0.25) is 0 Å². The van der Waals surface area contributed by atoms with Crippen LogP contribution in [0, 0.1) is 0 Å². The Kier molecular flexibility index (Phi) is 3.77. The largest absolute Gasteiger partial charge is 0.300 e. The quantitative estimate of drug-likeness (QED) is 0.293. The maximum absolute atomic E-state index is 10.4. The van der Waals surface area contributed by atoms with E-state index in [1.807, 2.05) is 11.8 Å². The molecular formula is C7H12Cl2N2O. The Bertz CT molecular complexity index is 167. The van der Waals surface area contributed by atoms with Crippen LogP contribution in [0.3, 0.4) is 0 Å². The van der Waals surface area contributed by atoms with Crippen LogP contribution in [-0.2, 0) is 4.79 Å². The number of piperazine rings is 1. The van der Waals surface area contributed by atoms with Gasteiger partial charge in [0.15, 0.2) is 6.29 Å². The van der Waals surface area contributed by atoms with E-state index >= 15 is 0 Å². The first kappa shape index (κ1) is 10.3. The van der Waals surface area contributed by atoms with Crippen LogP contribution in [0.15, 0.2) is 0 Å². The zero-order chi connectivity index (χ0) is 9.14. The van der Waals surface area contributed by atoms with E-state index in [-0.39, 0.29) is 6.04 Å². The van der Waals surface area contributed by atoms with E-state index in [2.05, 4.69) is 0 Å². The van der Waals surface area contributed by atoms with Gasteiger partial charge < -0.3 is 4.79 Å². The molecule has 0 amide bonds. The van der Waals surface area contributed by atoms with Gasteiger partial charge in [0.05, 0.1) is 0 Å². The van der Waals surface area contributed by atoms with Gasteiger partial charge in [0.1, 0.15) is 5.50 Å². The van der Waals surface area contributed by atoms with Gasteiger partial charge in [-0.25, -0.2) is 4.42 Å². The predicted octanol–water partition coefficient (Wildman–Crippen LogP) is 0.910. The van der Waals surface area contributed by atoms with Gasteiger partial charge in [0.2, 0.25) is 0 Å². The van der Waals surface area contributed by atoms with Crippen LogP contribution in [0.25, 0.3) is 0 Å². The molecule has 70 valence electrons. The van der Waals surface area contributed by atoms with Crippen molar-refractivity contribution in [1.29, 1.82) is 0 Å². The molecule has 0 saturated carbocycles. The van der Waals surface area contributed by atoms with E-state index in [0.29, 0.717) is 0 Å². The van der Waals surface area contributed by atoms with Gasteiger partial charge in [-0.3, -0.25) is 4.90 Å². The molecule has 1 aliphatic heterocycles. The number of nitrogens with zero attached hydrogens (tertiary/aromatic N) is 2. The second-order valence-electron chi connectivity index (χ2n) is 2.98. The Morgan fingerprint density at radius 3 is 2.75 bits per heavy atom. The molecule has 0 aromatic rings. The molecule has 0 N–H and O–H groups in total. The first-order valence-corrected chi connectivity index (χ1v) is 4.68. The number of halogens is 2. The van der Waals surface area contributed by atoms with Gasteiger partial charge in [-0.1, -0.05) is 11.6 Å². The molecular weight excluding hydrogens is 199 g/mol. The monoisotopic (exact) mass is 210 g/mol. The van der Waals surface area contributed by atoms with Gasteiger partial charge in [-0.2, -0.15) is 0 Å². The highest BCUT2D eigenvalue weighted by Gasteiger charge is 2.25. The standard InChI is InChI=1S/C7H12Cl2N2O/c1-6-4-10(7(8)5-12)2-3-11(6)9/h5-7H,2-4H2,1H3. The molecule has 2 atom stereocenters. The van der Waals surface area contributed by atoms with E-state index in [9.17, 15) is 4.79 Å². The van der Waals surface area contributed by atoms with Crippen molar-refractivity contribution in [3.8, 4) is 0 Å². The molecule has 1 rings (SSSR count). The average Bonchev–Trinajstić information content (AvgIpc) is 2.08. The van der Waals surface area contributed by atoms with Crippen molar-refractivity contribution >= 4 is 29.7 Å². The van der Waals surface area contributed by atoms with Crippen molar-refractivity contribution in [2.24, 2.45) is 0 Å². The molecule has 0 aliphatic carbocycles. The number of alkyl halides is 1. The second kappa shape index (κ2) is 4.42. The highest BCUT2D eigenvalue weighted by Crippen LogP contribution is 2.14. The van der Waals surface area contributed by atoms with E-state index in [1.54, 1.807) is 4.42 Å². The normalized spacial score (nSPS) is 30.1. The molecule has 12 heavy (non-hydrogen) atoms. The van der Waals surface area contributed by atoms with Crippen LogP contribution >= 0.6 is 23.4 Å². The maximum Gasteiger partial charge on any atom is 0.152 e. The van der Waals surface area contributed by atoms with Crippen LogP contribution in [0.5, 0.6) is 0 Å². The van der Waals surface area contributed by atoms with Gasteiger partial charge in [-0.05, 0) is 18.7 Å². The first-order valence-electron chi connectivity index (χ1n) is 3.91. The minimum Gasteiger partial charge on any atom is -0.300 e. The fraction of sp³-hybridized carbons (Fsp3) is 0.857. The third-order valence-electron chi connectivity index (χ3n) is 2.04. The minimum atomic E-state index is -0.502. The van der Waals surface area contributed by atoms with Crippen molar-refractivity contribution in [3.05, 3.63) is 0 Å². The first-order chi connectivity index (χ1) is 5.65. The predicted molar refractivity (Wildman–Crippen MR) is 49.3 cm³/mol. The lowest BCUT2D eigenvalue weighted by Gasteiger charge is -2.36. The number of carbonyl (C=O) groups is 1. The summed E-state index contributed by atoms with van der Waals surface area (Å²) < 4.78 is 1.74. The second-order valence-corrected chi connectivity index (χ2v) is 3.86. The minimum absolute atomic E-state index is 0.251. The summed E-state index contributed by atoms with van der Waals surface area (Å²) in [5.74, 6) is 0. The summed E-state index contributed by atoms with van der Waals surface area (Å²) in [5, 5.41) is 0. The Labute approximate surface area is 82.3 Å². The molecule has 5 heteroatoms. The number of rotatable bonds is 2. The van der Waals surface area contributed by atoms with Crippen LogP contribution in [0.4, 0.5) is 0 Å². The molecule has 1 aliphatic rings. The molecule has 0 spiro atoms. The molecule has 0 bridgehead atoms. The number of aldehydes is 1. The highest BCUT2D eigenvalue weighted by molar-refractivity contribution is 6.27. The lowest BCUT2D eigenvalue weighted by atomic mass is 10.2. The van der Waals surface area contributed by atoms with Crippen molar-refractivity contribution in [1.82, 2.24) is 9.32 Å². The van der Waals surface area contributed by atoms with Crippen molar-refractivity contribution in [2.45, 2.75) is 18.5 Å². The highest BCUT2D eigenvalue weighted by atomic mass is 35.5. The third kappa shape index (κ3) is 2.33. The molecule has 3 nitrogen and oxygen atoms in total. The number of carbonyl (C=O) groups excluding carboxylic acids is 1. The van der Waals surface area contributed by atoms with Crippen molar-refractivity contribution < 1.29 is 4.79 Å². The molecule has 1 heterocycles. The third-order valence-corrected chi connectivity index (χ3v) is 2.92. The van der Waals surface area contributed by atoms with E-state index in [4.69, 9.17) is 23.4 Å². The lowest BCUT2D eigenvalue weighted by molar-refractivity contribution is -0.110. The van der Waals surface area contributed by atoms with Crippen molar-refractivity contribution in [3.63, 3.8) is 0 Å². The molecule has 0 aromatic carbocycles. The Morgan fingerprint density at radius 2 is 2.25 bits per heavy atom. The van der Waals surface area contributed by atoms with Crippen molar-refractivity contribution in [2.75, 3.05) is 19.6 Å². The van der Waals surface area contributed by atoms with E-state index in [0.717, 1.165) is 25.9 Å². The SMILES string of the molecule is CC1CN(C(Cl)C=O)CCN1Cl. The van der Waals surface area contributed by atoms with Gasteiger partial charge in [0, 0.05) is 25.7 Å². The number of hydrogen-bond acceptors (Lipinski definition) is 3. The average molecular weight is 211 g/mol. The Balaban J connectivity index is 2.44. The fourth-order valence-electron chi connectivity index (χ4n) is 1.27. The van der Waals surface area contributed by atoms with Crippen LogP contribution in [-0.4, -0.2) is 46.8 Å². The van der Waals surface area contributed by atoms with Crippen LogP contribution in [0.1, 0.15) is 6.92 Å². The summed E-state index contributed by atoms with van der Waals surface area (Å²) in [6.07, 6.45) is 0.748. The molecule has 2 unspecified atom stereocenters. The van der Waals surface area contributed by atoms with E-state index < -0.39 is 5.50 Å². The summed E-state index contributed by atoms with van der Waals surface area (Å²) in [6, 6.07) is 0.251. The van der Waals surface area contributed by atoms with E-state index in [1.165, 1.54) is 0 Å². The Hall–Kier alpha value is 0.170. The van der Waals surface area contributed by atoms with Gasteiger partial charge >= 0.3 is 0 Å². The zero-order valence-corrected chi connectivity index (χ0v) is 8.42.